The van der Waals surface area contributed by atoms with Crippen LogP contribution < -0.4 is 5.32 Å². The number of carbonyl (C=O) groups excluding carboxylic acids is 1. The fourth-order valence-corrected chi connectivity index (χ4v) is 2.35. The Morgan fingerprint density at radius 1 is 1.30 bits per heavy atom. The van der Waals surface area contributed by atoms with Crippen LogP contribution in [0.3, 0.4) is 0 Å². The second-order valence-corrected chi connectivity index (χ2v) is 5.67. The highest BCUT2D eigenvalue weighted by Gasteiger charge is 2.42. The van der Waals surface area contributed by atoms with Gasteiger partial charge in [-0.15, -0.1) is 0 Å². The summed E-state index contributed by atoms with van der Waals surface area (Å²) in [6.07, 6.45) is 0.258. The van der Waals surface area contributed by atoms with Crippen molar-refractivity contribution in [2.24, 2.45) is 5.16 Å². The van der Waals surface area contributed by atoms with Gasteiger partial charge in [0.05, 0.1) is 5.71 Å². The van der Waals surface area contributed by atoms with Crippen molar-refractivity contribution < 1.29 is 14.0 Å². The minimum Gasteiger partial charge on any atom is -0.379 e. The molecule has 1 aromatic carbocycles. The van der Waals surface area contributed by atoms with E-state index in [-0.39, 0.29) is 18.1 Å². The maximum atomic E-state index is 13.3. The Bertz CT molecular complexity index is 791. The highest BCUT2D eigenvalue weighted by atomic mass is 19.1. The van der Waals surface area contributed by atoms with Gasteiger partial charge in [0.2, 0.25) is 5.60 Å². The van der Waals surface area contributed by atoms with Gasteiger partial charge in [-0.3, -0.25) is 4.79 Å². The van der Waals surface area contributed by atoms with Crippen LogP contribution in [0.1, 0.15) is 24.6 Å². The average molecular weight is 313 g/mol. The van der Waals surface area contributed by atoms with E-state index in [0.717, 1.165) is 5.69 Å². The molecule has 0 saturated heterocycles. The first kappa shape index (κ1) is 15.1. The number of halogens is 1. The van der Waals surface area contributed by atoms with Crippen molar-refractivity contribution in [3.8, 4) is 0 Å². The Hall–Kier alpha value is -2.76. The standard InChI is InChI=1S/C17H16FN3O2/c1-11-5-3-8-15(19-11)20-16(22)17(2)10-14(21-23-17)12-6-4-7-13(18)9-12/h3-9H,10H2,1-2H3,(H,19,20,22). The van der Waals surface area contributed by atoms with Gasteiger partial charge >= 0.3 is 0 Å². The number of pyridine rings is 1. The minimum atomic E-state index is -1.15. The first-order valence-corrected chi connectivity index (χ1v) is 7.22. The SMILES string of the molecule is Cc1cccc(NC(=O)C2(C)CC(c3cccc(F)c3)=NO2)n1. The number of rotatable bonds is 3. The highest BCUT2D eigenvalue weighted by molar-refractivity contribution is 6.07. The number of hydrogen-bond acceptors (Lipinski definition) is 4. The number of aryl methyl sites for hydroxylation is 1. The molecule has 0 spiro atoms. The van der Waals surface area contributed by atoms with E-state index in [1.165, 1.54) is 12.1 Å². The maximum absolute atomic E-state index is 13.3. The predicted octanol–water partition coefficient (Wildman–Crippen LogP) is 3.05. The van der Waals surface area contributed by atoms with Gasteiger partial charge < -0.3 is 10.2 Å². The lowest BCUT2D eigenvalue weighted by molar-refractivity contribution is -0.135. The van der Waals surface area contributed by atoms with E-state index in [0.29, 0.717) is 17.1 Å². The molecule has 0 fully saturated rings. The Balaban J connectivity index is 1.73. The second-order valence-electron chi connectivity index (χ2n) is 5.67. The molecule has 23 heavy (non-hydrogen) atoms. The Kier molecular flexibility index (Phi) is 3.82. The molecule has 1 unspecified atom stereocenters. The third-order valence-electron chi connectivity index (χ3n) is 3.63. The van der Waals surface area contributed by atoms with Gasteiger partial charge in [-0.2, -0.15) is 0 Å². The normalized spacial score (nSPS) is 19.9. The van der Waals surface area contributed by atoms with Crippen molar-refractivity contribution in [3.05, 3.63) is 59.5 Å². The van der Waals surface area contributed by atoms with Gasteiger partial charge in [0.25, 0.3) is 5.91 Å². The number of hydrogen-bond donors (Lipinski definition) is 1. The molecule has 2 heterocycles. The summed E-state index contributed by atoms with van der Waals surface area (Å²) in [7, 11) is 0. The van der Waals surface area contributed by atoms with Crippen LogP contribution >= 0.6 is 0 Å². The number of carbonyl (C=O) groups is 1. The van der Waals surface area contributed by atoms with E-state index in [2.05, 4.69) is 15.5 Å². The van der Waals surface area contributed by atoms with Crippen LogP contribution in [0.15, 0.2) is 47.6 Å². The van der Waals surface area contributed by atoms with Gasteiger partial charge in [0.1, 0.15) is 11.6 Å². The Labute approximate surface area is 133 Å². The van der Waals surface area contributed by atoms with E-state index in [4.69, 9.17) is 4.84 Å². The molecule has 1 aromatic heterocycles. The topological polar surface area (TPSA) is 63.6 Å². The Morgan fingerprint density at radius 3 is 2.83 bits per heavy atom. The van der Waals surface area contributed by atoms with E-state index in [1.54, 1.807) is 25.1 Å². The molecule has 1 atom stereocenters. The summed E-state index contributed by atoms with van der Waals surface area (Å²) in [5.74, 6) is -0.239. The summed E-state index contributed by atoms with van der Waals surface area (Å²) in [5.41, 5.74) is 0.805. The number of amides is 1. The fraction of sp³-hybridized carbons (Fsp3) is 0.235. The minimum absolute atomic E-state index is 0.258. The molecule has 6 heteroatoms. The van der Waals surface area contributed by atoms with E-state index >= 15 is 0 Å². The monoisotopic (exact) mass is 313 g/mol. The first-order chi connectivity index (χ1) is 11.0. The molecule has 1 aliphatic rings. The van der Waals surface area contributed by atoms with E-state index in [1.807, 2.05) is 19.1 Å². The summed E-state index contributed by atoms with van der Waals surface area (Å²) in [6, 6.07) is 11.4. The largest absolute Gasteiger partial charge is 0.379 e. The van der Waals surface area contributed by atoms with E-state index in [9.17, 15) is 9.18 Å². The van der Waals surface area contributed by atoms with Crippen molar-refractivity contribution in [2.45, 2.75) is 25.9 Å². The molecule has 3 rings (SSSR count). The number of oxime groups is 1. The summed E-state index contributed by atoms with van der Waals surface area (Å²) in [5, 5.41) is 6.68. The Morgan fingerprint density at radius 2 is 2.09 bits per heavy atom. The molecule has 1 N–H and O–H groups in total. The molecule has 1 aliphatic heterocycles. The molecule has 0 bridgehead atoms. The van der Waals surface area contributed by atoms with Gasteiger partial charge in [0.15, 0.2) is 0 Å². The zero-order valence-electron chi connectivity index (χ0n) is 12.8. The number of nitrogens with zero attached hydrogens (tertiary/aromatic N) is 2. The summed E-state index contributed by atoms with van der Waals surface area (Å²) < 4.78 is 13.3. The molecule has 2 aromatic rings. The molecule has 1 amide bonds. The van der Waals surface area contributed by atoms with Crippen molar-refractivity contribution in [2.75, 3.05) is 5.32 Å². The summed E-state index contributed by atoms with van der Waals surface area (Å²) in [6.45, 7) is 3.49. The average Bonchev–Trinajstić information content (AvgIpc) is 2.91. The van der Waals surface area contributed by atoms with Crippen LogP contribution in [0.5, 0.6) is 0 Å². The van der Waals surface area contributed by atoms with Crippen LogP contribution in [-0.2, 0) is 9.63 Å². The van der Waals surface area contributed by atoms with Crippen molar-refractivity contribution in [1.82, 2.24) is 4.98 Å². The molecular formula is C17H16FN3O2. The zero-order chi connectivity index (χ0) is 16.4. The lowest BCUT2D eigenvalue weighted by Gasteiger charge is -2.20. The lowest BCUT2D eigenvalue weighted by atomic mass is 9.95. The van der Waals surface area contributed by atoms with Crippen LogP contribution in [0, 0.1) is 12.7 Å². The van der Waals surface area contributed by atoms with Gasteiger partial charge in [-0.1, -0.05) is 23.4 Å². The third kappa shape index (κ3) is 3.21. The first-order valence-electron chi connectivity index (χ1n) is 7.22. The van der Waals surface area contributed by atoms with Gasteiger partial charge in [-0.25, -0.2) is 9.37 Å². The van der Waals surface area contributed by atoms with Gasteiger partial charge in [-0.05, 0) is 38.1 Å². The highest BCUT2D eigenvalue weighted by Crippen LogP contribution is 2.28. The molecule has 0 saturated carbocycles. The van der Waals surface area contributed by atoms with E-state index < -0.39 is 5.60 Å². The number of anilines is 1. The van der Waals surface area contributed by atoms with Crippen molar-refractivity contribution >= 4 is 17.4 Å². The quantitative estimate of drug-likeness (QED) is 0.947. The number of benzene rings is 1. The van der Waals surface area contributed by atoms with Gasteiger partial charge in [0, 0.05) is 17.7 Å². The van der Waals surface area contributed by atoms with Crippen LogP contribution in [0.25, 0.3) is 0 Å². The third-order valence-corrected chi connectivity index (χ3v) is 3.63. The fourth-order valence-electron chi connectivity index (χ4n) is 2.35. The molecular weight excluding hydrogens is 297 g/mol. The lowest BCUT2D eigenvalue weighted by Crippen LogP contribution is -2.40. The molecule has 0 radical (unpaired) electrons. The molecule has 5 nitrogen and oxygen atoms in total. The predicted molar refractivity (Wildman–Crippen MR) is 84.6 cm³/mol. The van der Waals surface area contributed by atoms with Crippen molar-refractivity contribution in [1.29, 1.82) is 0 Å². The van der Waals surface area contributed by atoms with Crippen LogP contribution in [0.4, 0.5) is 10.2 Å². The zero-order valence-corrected chi connectivity index (χ0v) is 12.8. The summed E-state index contributed by atoms with van der Waals surface area (Å²) in [4.78, 5) is 22.0. The number of aromatic nitrogens is 1. The second kappa shape index (κ2) is 5.79. The smallest absolute Gasteiger partial charge is 0.272 e. The molecule has 118 valence electrons. The maximum Gasteiger partial charge on any atom is 0.272 e. The summed E-state index contributed by atoms with van der Waals surface area (Å²) >= 11 is 0. The van der Waals surface area contributed by atoms with Crippen LogP contribution in [-0.4, -0.2) is 22.2 Å². The van der Waals surface area contributed by atoms with Crippen LogP contribution in [0.2, 0.25) is 0 Å². The number of nitrogens with one attached hydrogen (secondary N) is 1. The molecule has 0 aliphatic carbocycles. The van der Waals surface area contributed by atoms with Crippen molar-refractivity contribution in [3.63, 3.8) is 0 Å².